The number of benzene rings is 1. The third-order valence-corrected chi connectivity index (χ3v) is 4.12. The number of halogens is 1. The predicted molar refractivity (Wildman–Crippen MR) is 77.9 cm³/mol. The molecule has 0 saturated heterocycles. The molecular weight excluding hydrogens is 259 g/mol. The average molecular weight is 278 g/mol. The van der Waals surface area contributed by atoms with Gasteiger partial charge in [0.15, 0.2) is 0 Å². The third kappa shape index (κ3) is 3.85. The van der Waals surface area contributed by atoms with E-state index in [1.54, 1.807) is 18.3 Å². The number of hydrogen-bond donors (Lipinski definition) is 1. The summed E-state index contributed by atoms with van der Waals surface area (Å²) >= 11 is 1.71. The summed E-state index contributed by atoms with van der Waals surface area (Å²) in [5.41, 5.74) is 2.86. The molecular formula is C15H19FN2S. The first-order valence-electron chi connectivity index (χ1n) is 6.46. The van der Waals surface area contributed by atoms with Gasteiger partial charge in [-0.25, -0.2) is 9.37 Å². The van der Waals surface area contributed by atoms with Crippen molar-refractivity contribution in [1.82, 2.24) is 10.3 Å². The van der Waals surface area contributed by atoms with Crippen LogP contribution in [0.1, 0.15) is 41.6 Å². The van der Waals surface area contributed by atoms with Crippen LogP contribution in [0.25, 0.3) is 0 Å². The van der Waals surface area contributed by atoms with Crippen LogP contribution in [-0.2, 0) is 13.1 Å². The number of nitrogens with one attached hydrogen (secondary N) is 1. The maximum atomic E-state index is 13.1. The Morgan fingerprint density at radius 2 is 2.11 bits per heavy atom. The average Bonchev–Trinajstić information content (AvgIpc) is 2.83. The van der Waals surface area contributed by atoms with Gasteiger partial charge in [-0.15, -0.1) is 11.3 Å². The quantitative estimate of drug-likeness (QED) is 0.894. The normalized spacial score (nSPS) is 11.2. The Labute approximate surface area is 117 Å². The molecule has 102 valence electrons. The van der Waals surface area contributed by atoms with E-state index in [1.165, 1.54) is 11.1 Å². The van der Waals surface area contributed by atoms with Crippen molar-refractivity contribution in [3.05, 3.63) is 51.2 Å². The van der Waals surface area contributed by atoms with Gasteiger partial charge in [0.05, 0.1) is 10.7 Å². The molecule has 0 aliphatic carbocycles. The number of aromatic nitrogens is 1. The first kappa shape index (κ1) is 14.2. The van der Waals surface area contributed by atoms with Gasteiger partial charge in [0.25, 0.3) is 0 Å². The Bertz CT molecular complexity index is 549. The van der Waals surface area contributed by atoms with Gasteiger partial charge in [0.2, 0.25) is 0 Å². The highest BCUT2D eigenvalue weighted by molar-refractivity contribution is 7.09. The summed E-state index contributed by atoms with van der Waals surface area (Å²) in [5.74, 6) is 0.336. The Hall–Kier alpha value is -1.26. The van der Waals surface area contributed by atoms with E-state index < -0.39 is 0 Å². The van der Waals surface area contributed by atoms with Crippen molar-refractivity contribution in [2.45, 2.75) is 39.8 Å². The highest BCUT2D eigenvalue weighted by Gasteiger charge is 2.05. The van der Waals surface area contributed by atoms with Gasteiger partial charge in [-0.3, -0.25) is 0 Å². The van der Waals surface area contributed by atoms with Gasteiger partial charge in [0.1, 0.15) is 5.82 Å². The lowest BCUT2D eigenvalue weighted by atomic mass is 10.1. The van der Waals surface area contributed by atoms with Gasteiger partial charge in [-0.05, 0) is 24.1 Å². The second kappa shape index (κ2) is 6.26. The number of hydrogen-bond acceptors (Lipinski definition) is 3. The summed E-state index contributed by atoms with van der Waals surface area (Å²) < 4.78 is 13.1. The molecule has 0 aliphatic heterocycles. The molecule has 0 fully saturated rings. The van der Waals surface area contributed by atoms with Gasteiger partial charge in [-0.2, -0.15) is 0 Å². The SMILES string of the molecule is Cc1cc(CNCc2csc(C(C)C)n2)ccc1F. The zero-order valence-corrected chi connectivity index (χ0v) is 12.4. The first-order valence-corrected chi connectivity index (χ1v) is 7.34. The summed E-state index contributed by atoms with van der Waals surface area (Å²) in [4.78, 5) is 4.57. The van der Waals surface area contributed by atoms with Gasteiger partial charge in [-0.1, -0.05) is 26.0 Å². The van der Waals surface area contributed by atoms with E-state index in [1.807, 2.05) is 12.1 Å². The lowest BCUT2D eigenvalue weighted by molar-refractivity contribution is 0.615. The third-order valence-electron chi connectivity index (χ3n) is 2.92. The van der Waals surface area contributed by atoms with Crippen molar-refractivity contribution >= 4 is 11.3 Å². The number of rotatable bonds is 5. The highest BCUT2D eigenvalue weighted by atomic mass is 32.1. The summed E-state index contributed by atoms with van der Waals surface area (Å²) in [7, 11) is 0. The van der Waals surface area contributed by atoms with Crippen LogP contribution in [-0.4, -0.2) is 4.98 Å². The van der Waals surface area contributed by atoms with Crippen molar-refractivity contribution in [2.75, 3.05) is 0 Å². The van der Waals surface area contributed by atoms with E-state index in [4.69, 9.17) is 0 Å². The monoisotopic (exact) mass is 278 g/mol. The fourth-order valence-corrected chi connectivity index (χ4v) is 2.66. The van der Waals surface area contributed by atoms with Crippen molar-refractivity contribution in [3.63, 3.8) is 0 Å². The van der Waals surface area contributed by atoms with E-state index in [2.05, 4.69) is 29.5 Å². The number of thiazole rings is 1. The van der Waals surface area contributed by atoms with Crippen LogP contribution in [0, 0.1) is 12.7 Å². The van der Waals surface area contributed by atoms with Crippen LogP contribution < -0.4 is 5.32 Å². The minimum absolute atomic E-state index is 0.148. The van der Waals surface area contributed by atoms with Crippen molar-refractivity contribution in [2.24, 2.45) is 0 Å². The van der Waals surface area contributed by atoms with Crippen molar-refractivity contribution in [3.8, 4) is 0 Å². The first-order chi connectivity index (χ1) is 9.06. The number of aryl methyl sites for hydroxylation is 1. The minimum Gasteiger partial charge on any atom is -0.307 e. The fraction of sp³-hybridized carbons (Fsp3) is 0.400. The second-order valence-corrected chi connectivity index (χ2v) is 5.91. The van der Waals surface area contributed by atoms with Crippen LogP contribution in [0.4, 0.5) is 4.39 Å². The maximum absolute atomic E-state index is 13.1. The molecule has 0 aliphatic rings. The molecule has 2 rings (SSSR count). The summed E-state index contributed by atoms with van der Waals surface area (Å²) in [6.45, 7) is 7.57. The topological polar surface area (TPSA) is 24.9 Å². The van der Waals surface area contributed by atoms with Crippen LogP contribution >= 0.6 is 11.3 Å². The van der Waals surface area contributed by atoms with Crippen LogP contribution in [0.5, 0.6) is 0 Å². The van der Waals surface area contributed by atoms with Crippen LogP contribution in [0.15, 0.2) is 23.6 Å². The highest BCUT2D eigenvalue weighted by Crippen LogP contribution is 2.19. The summed E-state index contributed by atoms with van der Waals surface area (Å²) in [6.07, 6.45) is 0. The molecule has 19 heavy (non-hydrogen) atoms. The predicted octanol–water partition coefficient (Wildman–Crippen LogP) is 4.00. The molecule has 1 aromatic carbocycles. The van der Waals surface area contributed by atoms with E-state index in [0.717, 1.165) is 24.3 Å². The van der Waals surface area contributed by atoms with Crippen LogP contribution in [0.3, 0.4) is 0 Å². The van der Waals surface area contributed by atoms with E-state index >= 15 is 0 Å². The fourth-order valence-electron chi connectivity index (χ4n) is 1.82. The molecule has 0 atom stereocenters. The molecule has 2 nitrogen and oxygen atoms in total. The van der Waals surface area contributed by atoms with Crippen molar-refractivity contribution < 1.29 is 4.39 Å². The molecule has 0 amide bonds. The zero-order chi connectivity index (χ0) is 13.8. The van der Waals surface area contributed by atoms with E-state index in [0.29, 0.717) is 11.5 Å². The maximum Gasteiger partial charge on any atom is 0.126 e. The largest absolute Gasteiger partial charge is 0.307 e. The smallest absolute Gasteiger partial charge is 0.126 e. The Morgan fingerprint density at radius 3 is 2.74 bits per heavy atom. The van der Waals surface area contributed by atoms with Crippen molar-refractivity contribution in [1.29, 1.82) is 0 Å². The molecule has 0 bridgehead atoms. The zero-order valence-electron chi connectivity index (χ0n) is 11.5. The Kier molecular flexibility index (Phi) is 4.66. The summed E-state index contributed by atoms with van der Waals surface area (Å²) in [6, 6.07) is 5.21. The second-order valence-electron chi connectivity index (χ2n) is 5.02. The van der Waals surface area contributed by atoms with E-state index in [9.17, 15) is 4.39 Å². The molecule has 0 spiro atoms. The molecule has 2 aromatic rings. The van der Waals surface area contributed by atoms with Crippen LogP contribution in [0.2, 0.25) is 0 Å². The van der Waals surface area contributed by atoms with E-state index in [-0.39, 0.29) is 5.82 Å². The van der Waals surface area contributed by atoms with Gasteiger partial charge < -0.3 is 5.32 Å². The summed E-state index contributed by atoms with van der Waals surface area (Å²) in [5, 5.41) is 6.61. The standard InChI is InChI=1S/C15H19FN2S/c1-10(2)15-18-13(9-19-15)8-17-7-12-4-5-14(16)11(3)6-12/h4-6,9-10,17H,7-8H2,1-3H3. The molecule has 1 N–H and O–H groups in total. The Balaban J connectivity index is 1.87. The molecule has 0 saturated carbocycles. The lowest BCUT2D eigenvalue weighted by Crippen LogP contribution is -2.13. The molecule has 4 heteroatoms. The molecule has 1 heterocycles. The minimum atomic E-state index is -0.148. The van der Waals surface area contributed by atoms with Gasteiger partial charge in [0, 0.05) is 24.4 Å². The molecule has 1 aromatic heterocycles. The molecule has 0 radical (unpaired) electrons. The molecule has 0 unspecified atom stereocenters. The Morgan fingerprint density at radius 1 is 1.32 bits per heavy atom. The number of nitrogens with zero attached hydrogens (tertiary/aromatic N) is 1. The lowest BCUT2D eigenvalue weighted by Gasteiger charge is -2.05. The van der Waals surface area contributed by atoms with Gasteiger partial charge >= 0.3 is 0 Å².